The average molecular weight is 388 g/mol. The Hall–Kier alpha value is -3.14. The van der Waals surface area contributed by atoms with Crippen LogP contribution in [0.2, 0.25) is 0 Å². The molecule has 1 heterocycles. The molecule has 1 aliphatic heterocycles. The molecule has 1 aliphatic carbocycles. The second kappa shape index (κ2) is 10.4. The number of rotatable bonds is 5. The molecule has 4 heteroatoms. The van der Waals surface area contributed by atoms with Crippen LogP contribution in [0, 0.1) is 5.92 Å². The first-order chi connectivity index (χ1) is 14.2. The van der Waals surface area contributed by atoms with Gasteiger partial charge in [-0.1, -0.05) is 66.8 Å². The molecule has 0 fully saturated rings. The molecule has 0 aromatic heterocycles. The summed E-state index contributed by atoms with van der Waals surface area (Å²) in [7, 11) is 0. The molecule has 1 aromatic rings. The van der Waals surface area contributed by atoms with E-state index in [-0.39, 0.29) is 5.91 Å². The molecule has 4 nitrogen and oxygen atoms in total. The van der Waals surface area contributed by atoms with Gasteiger partial charge in [0.25, 0.3) is 0 Å². The number of nitrogens with one attached hydrogen (secondary N) is 1. The molecule has 1 aromatic carbocycles. The molecule has 0 saturated heterocycles. The topological polar surface area (TPSA) is 44.7 Å². The molecule has 0 spiro atoms. The van der Waals surface area contributed by atoms with Gasteiger partial charge >= 0.3 is 0 Å². The van der Waals surface area contributed by atoms with Crippen molar-refractivity contribution in [3.05, 3.63) is 90.2 Å². The Bertz CT molecular complexity index is 902. The number of fused-ring (bicyclic) bond motifs is 1. The molecule has 1 unspecified atom stereocenters. The summed E-state index contributed by atoms with van der Waals surface area (Å²) in [6.45, 7) is 4.81. The first-order valence-corrected chi connectivity index (χ1v) is 10.2. The van der Waals surface area contributed by atoms with Gasteiger partial charge in [0.05, 0.1) is 5.71 Å². The first kappa shape index (κ1) is 20.6. The fourth-order valence-corrected chi connectivity index (χ4v) is 3.45. The van der Waals surface area contributed by atoms with E-state index in [4.69, 9.17) is 0 Å². The van der Waals surface area contributed by atoms with Crippen LogP contribution in [0.5, 0.6) is 0 Å². The number of amides is 1. The summed E-state index contributed by atoms with van der Waals surface area (Å²) in [5, 5.41) is 4.26. The lowest BCUT2D eigenvalue weighted by atomic mass is 9.94. The molecule has 3 rings (SSSR count). The Morgan fingerprint density at radius 3 is 2.93 bits per heavy atom. The Kier molecular flexibility index (Phi) is 7.40. The number of allylic oxidation sites excluding steroid dienone is 7. The maximum atomic E-state index is 11.9. The SMILES string of the molecule is C/C=C\C=C/CC1=CCC(CN2C=CCC(=O)N/N=C(\C)c3ccccc32)C=C1. The zero-order chi connectivity index (χ0) is 20.5. The highest BCUT2D eigenvalue weighted by molar-refractivity contribution is 6.04. The lowest BCUT2D eigenvalue weighted by molar-refractivity contribution is -0.120. The van der Waals surface area contributed by atoms with Crippen LogP contribution in [0.25, 0.3) is 0 Å². The number of hydrogen-bond acceptors (Lipinski definition) is 3. The third kappa shape index (κ3) is 5.92. The molecule has 0 bridgehead atoms. The van der Waals surface area contributed by atoms with Gasteiger partial charge in [0.1, 0.15) is 0 Å². The molecular weight excluding hydrogens is 358 g/mol. The van der Waals surface area contributed by atoms with Crippen LogP contribution in [-0.4, -0.2) is 18.2 Å². The van der Waals surface area contributed by atoms with Crippen molar-refractivity contribution < 1.29 is 4.79 Å². The normalized spacial score (nSPS) is 21.7. The monoisotopic (exact) mass is 387 g/mol. The summed E-state index contributed by atoms with van der Waals surface area (Å²) >= 11 is 0. The minimum absolute atomic E-state index is 0.101. The van der Waals surface area contributed by atoms with Gasteiger partial charge in [0, 0.05) is 30.4 Å². The van der Waals surface area contributed by atoms with E-state index in [1.54, 1.807) is 0 Å². The lowest BCUT2D eigenvalue weighted by Crippen LogP contribution is -2.27. The number of hydrogen-bond donors (Lipinski definition) is 1. The highest BCUT2D eigenvalue weighted by atomic mass is 16.2. The van der Waals surface area contributed by atoms with Crippen LogP contribution in [0.4, 0.5) is 5.69 Å². The van der Waals surface area contributed by atoms with Crippen LogP contribution in [-0.2, 0) is 4.79 Å². The molecule has 1 atom stereocenters. The quantitative estimate of drug-likeness (QED) is 0.699. The van der Waals surface area contributed by atoms with Crippen LogP contribution in [0.1, 0.15) is 38.7 Å². The molecule has 1 N–H and O–H groups in total. The van der Waals surface area contributed by atoms with E-state index >= 15 is 0 Å². The second-order valence-corrected chi connectivity index (χ2v) is 7.28. The average Bonchev–Trinajstić information content (AvgIpc) is 2.75. The highest BCUT2D eigenvalue weighted by Crippen LogP contribution is 2.26. The van der Waals surface area contributed by atoms with Gasteiger partial charge in [-0.3, -0.25) is 4.79 Å². The molecule has 0 radical (unpaired) electrons. The van der Waals surface area contributed by atoms with Crippen LogP contribution in [0.3, 0.4) is 0 Å². The van der Waals surface area contributed by atoms with Crippen molar-refractivity contribution in [2.75, 3.05) is 11.4 Å². The number of anilines is 1. The van der Waals surface area contributed by atoms with Crippen LogP contribution < -0.4 is 10.3 Å². The fraction of sp³-hybridized carbons (Fsp3) is 0.280. The number of carbonyl (C=O) groups excluding carboxylic acids is 1. The Labute approximate surface area is 173 Å². The summed E-state index contributed by atoms with van der Waals surface area (Å²) in [6.07, 6.45) is 21.5. The van der Waals surface area contributed by atoms with Crippen molar-refractivity contribution in [2.45, 2.75) is 33.1 Å². The Morgan fingerprint density at radius 2 is 2.14 bits per heavy atom. The van der Waals surface area contributed by atoms with E-state index < -0.39 is 0 Å². The maximum absolute atomic E-state index is 11.9. The number of benzene rings is 1. The molecule has 29 heavy (non-hydrogen) atoms. The Balaban J connectivity index is 1.75. The summed E-state index contributed by atoms with van der Waals surface area (Å²) in [5.74, 6) is 0.320. The predicted octanol–water partition coefficient (Wildman–Crippen LogP) is 5.28. The number of para-hydroxylation sites is 1. The summed E-state index contributed by atoms with van der Waals surface area (Å²) in [5.41, 5.74) is 6.93. The van der Waals surface area contributed by atoms with Gasteiger partial charge < -0.3 is 4.90 Å². The molecule has 1 amide bonds. The third-order valence-corrected chi connectivity index (χ3v) is 5.03. The maximum Gasteiger partial charge on any atom is 0.243 e. The Morgan fingerprint density at radius 1 is 1.28 bits per heavy atom. The lowest BCUT2D eigenvalue weighted by Gasteiger charge is -2.28. The summed E-state index contributed by atoms with van der Waals surface area (Å²) in [4.78, 5) is 14.1. The minimum Gasteiger partial charge on any atom is -0.347 e. The second-order valence-electron chi connectivity index (χ2n) is 7.28. The number of nitrogens with zero attached hydrogens (tertiary/aromatic N) is 2. The van der Waals surface area contributed by atoms with Gasteiger partial charge in [0.2, 0.25) is 5.91 Å². The van der Waals surface area contributed by atoms with Gasteiger partial charge in [0.15, 0.2) is 0 Å². The van der Waals surface area contributed by atoms with Crippen molar-refractivity contribution >= 4 is 17.3 Å². The van der Waals surface area contributed by atoms with E-state index in [0.717, 1.165) is 36.3 Å². The predicted molar refractivity (Wildman–Crippen MR) is 122 cm³/mol. The minimum atomic E-state index is -0.101. The van der Waals surface area contributed by atoms with Gasteiger partial charge in [-0.2, -0.15) is 5.10 Å². The van der Waals surface area contributed by atoms with E-state index in [2.05, 4.69) is 64.0 Å². The van der Waals surface area contributed by atoms with Gasteiger partial charge in [-0.25, -0.2) is 5.43 Å². The standard InChI is InChI=1S/C25H29N3O/c1-3-4-5-6-10-21-14-16-22(17-15-21)19-28-18-9-13-25(29)27-26-20(2)23-11-7-8-12-24(23)28/h3-9,11-12,14-16,18,22H,10,13,17,19H2,1-2H3,(H,27,29)/b4-3-,6-5-,18-9?,26-20+. The van der Waals surface area contributed by atoms with Gasteiger partial charge in [-0.15, -0.1) is 0 Å². The number of carbonyl (C=O) groups is 1. The van der Waals surface area contributed by atoms with E-state index in [0.29, 0.717) is 12.3 Å². The van der Waals surface area contributed by atoms with Crippen LogP contribution in [0.15, 0.2) is 89.7 Å². The number of hydrazone groups is 1. The van der Waals surface area contributed by atoms with Crippen molar-refractivity contribution in [1.82, 2.24) is 5.43 Å². The smallest absolute Gasteiger partial charge is 0.243 e. The van der Waals surface area contributed by atoms with Crippen molar-refractivity contribution in [3.8, 4) is 0 Å². The van der Waals surface area contributed by atoms with E-state index in [1.165, 1.54) is 5.57 Å². The van der Waals surface area contributed by atoms with Gasteiger partial charge in [-0.05, 0) is 44.2 Å². The largest absolute Gasteiger partial charge is 0.347 e. The van der Waals surface area contributed by atoms with Crippen molar-refractivity contribution in [3.63, 3.8) is 0 Å². The van der Waals surface area contributed by atoms with Crippen LogP contribution >= 0.6 is 0 Å². The zero-order valence-corrected chi connectivity index (χ0v) is 17.2. The fourth-order valence-electron chi connectivity index (χ4n) is 3.45. The third-order valence-electron chi connectivity index (χ3n) is 5.03. The molecule has 150 valence electrons. The van der Waals surface area contributed by atoms with Crippen molar-refractivity contribution in [2.24, 2.45) is 11.0 Å². The van der Waals surface area contributed by atoms with E-state index in [1.807, 2.05) is 44.3 Å². The molecule has 0 saturated carbocycles. The zero-order valence-electron chi connectivity index (χ0n) is 17.2. The molecular formula is C25H29N3O. The molecule has 2 aliphatic rings. The van der Waals surface area contributed by atoms with Crippen molar-refractivity contribution in [1.29, 1.82) is 0 Å². The summed E-state index contributed by atoms with van der Waals surface area (Å²) in [6, 6.07) is 8.21. The first-order valence-electron chi connectivity index (χ1n) is 10.2. The summed E-state index contributed by atoms with van der Waals surface area (Å²) < 4.78 is 0. The highest BCUT2D eigenvalue weighted by Gasteiger charge is 2.17. The van der Waals surface area contributed by atoms with E-state index in [9.17, 15) is 4.79 Å².